The van der Waals surface area contributed by atoms with E-state index in [4.69, 9.17) is 0 Å². The van der Waals surface area contributed by atoms with Gasteiger partial charge in [0.1, 0.15) is 6.23 Å². The molecule has 0 aliphatic carbocycles. The summed E-state index contributed by atoms with van der Waals surface area (Å²) in [6.45, 7) is 4.63. The lowest BCUT2D eigenvalue weighted by atomic mass is 9.78. The SMILES string of the molecule is CCc1ccc2c3c4n(c2c1)C(O)C[C@H]1CCCN(CC3)[C@@H]41. The van der Waals surface area contributed by atoms with Crippen molar-refractivity contribution in [2.75, 3.05) is 13.1 Å². The van der Waals surface area contributed by atoms with Crippen LogP contribution in [-0.2, 0) is 12.8 Å². The fraction of sp³-hybridized carbons (Fsp3) is 0.579. The van der Waals surface area contributed by atoms with Gasteiger partial charge in [0.25, 0.3) is 0 Å². The van der Waals surface area contributed by atoms with Gasteiger partial charge in [-0.15, -0.1) is 0 Å². The minimum absolute atomic E-state index is 0.336. The van der Waals surface area contributed by atoms with Crippen molar-refractivity contribution in [3.8, 4) is 0 Å². The van der Waals surface area contributed by atoms with Gasteiger partial charge in [0, 0.05) is 17.6 Å². The maximum Gasteiger partial charge on any atom is 0.131 e. The number of aryl methyl sites for hydroxylation is 1. The highest BCUT2D eigenvalue weighted by Crippen LogP contribution is 2.50. The van der Waals surface area contributed by atoms with Crippen molar-refractivity contribution in [3.05, 3.63) is 35.0 Å². The average Bonchev–Trinajstić information content (AvgIpc) is 2.88. The molecule has 1 aromatic carbocycles. The Balaban J connectivity index is 1.82. The molecule has 5 rings (SSSR count). The molecule has 1 unspecified atom stereocenters. The molecule has 3 nitrogen and oxygen atoms in total. The van der Waals surface area contributed by atoms with E-state index >= 15 is 0 Å². The molecule has 1 saturated heterocycles. The molecule has 3 heteroatoms. The van der Waals surface area contributed by atoms with Gasteiger partial charge in [0.05, 0.1) is 11.6 Å². The van der Waals surface area contributed by atoms with Crippen molar-refractivity contribution < 1.29 is 5.11 Å². The Labute approximate surface area is 131 Å². The summed E-state index contributed by atoms with van der Waals surface area (Å²) in [5.41, 5.74) is 5.60. The highest BCUT2D eigenvalue weighted by molar-refractivity contribution is 5.87. The molecule has 1 aromatic heterocycles. The second-order valence-corrected chi connectivity index (χ2v) is 7.29. The predicted octanol–water partition coefficient (Wildman–Crippen LogP) is 3.41. The fourth-order valence-electron chi connectivity index (χ4n) is 5.25. The number of benzene rings is 1. The largest absolute Gasteiger partial charge is 0.373 e. The van der Waals surface area contributed by atoms with Gasteiger partial charge in [0.2, 0.25) is 0 Å². The Morgan fingerprint density at radius 3 is 3.05 bits per heavy atom. The highest BCUT2D eigenvalue weighted by atomic mass is 16.3. The van der Waals surface area contributed by atoms with Gasteiger partial charge in [0.15, 0.2) is 0 Å². The molecule has 0 radical (unpaired) electrons. The van der Waals surface area contributed by atoms with Crippen molar-refractivity contribution in [1.82, 2.24) is 9.47 Å². The normalized spacial score (nSPS) is 30.5. The van der Waals surface area contributed by atoms with Gasteiger partial charge in [-0.25, -0.2) is 0 Å². The smallest absolute Gasteiger partial charge is 0.131 e. The summed E-state index contributed by atoms with van der Waals surface area (Å²) in [7, 11) is 0. The molecule has 1 fully saturated rings. The van der Waals surface area contributed by atoms with E-state index in [1.807, 2.05) is 0 Å². The molecular formula is C19H24N2O. The van der Waals surface area contributed by atoms with Gasteiger partial charge in [-0.3, -0.25) is 4.90 Å². The van der Waals surface area contributed by atoms with Gasteiger partial charge in [-0.1, -0.05) is 19.1 Å². The van der Waals surface area contributed by atoms with Crippen molar-refractivity contribution >= 4 is 10.9 Å². The number of nitrogens with zero attached hydrogens (tertiary/aromatic N) is 2. The van der Waals surface area contributed by atoms with Crippen molar-refractivity contribution in [1.29, 1.82) is 0 Å². The molecule has 0 amide bonds. The zero-order chi connectivity index (χ0) is 14.8. The van der Waals surface area contributed by atoms with E-state index in [9.17, 15) is 5.11 Å². The standard InChI is InChI=1S/C19H24N2O/c1-2-12-5-6-14-15-7-9-20-8-3-4-13-11-17(22)21(16(14)10-12)19(15)18(13)20/h5-6,10,13,17-18,22H,2-4,7-9,11H2,1H3/t13-,17?,18-/m1/s1. The second-order valence-electron chi connectivity index (χ2n) is 7.29. The number of hydrogen-bond donors (Lipinski definition) is 1. The Morgan fingerprint density at radius 1 is 1.27 bits per heavy atom. The Kier molecular flexibility index (Phi) is 2.74. The van der Waals surface area contributed by atoms with Crippen LogP contribution in [0.2, 0.25) is 0 Å². The summed E-state index contributed by atoms with van der Waals surface area (Å²) in [5.74, 6) is 0.644. The maximum absolute atomic E-state index is 10.8. The third kappa shape index (κ3) is 1.59. The van der Waals surface area contributed by atoms with Crippen LogP contribution < -0.4 is 0 Å². The summed E-state index contributed by atoms with van der Waals surface area (Å²) in [5, 5.41) is 12.2. The Hall–Kier alpha value is -1.32. The summed E-state index contributed by atoms with van der Waals surface area (Å²) in [6, 6.07) is 7.43. The lowest BCUT2D eigenvalue weighted by Gasteiger charge is -2.48. The number of aromatic nitrogens is 1. The van der Waals surface area contributed by atoms with E-state index in [1.165, 1.54) is 53.7 Å². The highest BCUT2D eigenvalue weighted by Gasteiger charge is 2.44. The third-order valence-electron chi connectivity index (χ3n) is 6.22. The van der Waals surface area contributed by atoms with Gasteiger partial charge in [-0.2, -0.15) is 0 Å². The third-order valence-corrected chi connectivity index (χ3v) is 6.22. The van der Waals surface area contributed by atoms with E-state index in [1.54, 1.807) is 0 Å². The van der Waals surface area contributed by atoms with Crippen LogP contribution in [0.1, 0.15) is 55.3 Å². The van der Waals surface area contributed by atoms with Crippen LogP contribution in [0.15, 0.2) is 18.2 Å². The van der Waals surface area contributed by atoms with Crippen molar-refractivity contribution in [2.45, 2.75) is 51.3 Å². The first-order chi connectivity index (χ1) is 10.8. The molecular weight excluding hydrogens is 272 g/mol. The first kappa shape index (κ1) is 13.1. The Morgan fingerprint density at radius 2 is 2.18 bits per heavy atom. The summed E-state index contributed by atoms with van der Waals surface area (Å²) in [4.78, 5) is 2.68. The zero-order valence-electron chi connectivity index (χ0n) is 13.3. The van der Waals surface area contributed by atoms with Crippen molar-refractivity contribution in [3.63, 3.8) is 0 Å². The van der Waals surface area contributed by atoms with Crippen LogP contribution in [0.5, 0.6) is 0 Å². The molecule has 0 spiro atoms. The second kappa shape index (κ2) is 4.59. The molecule has 116 valence electrons. The average molecular weight is 296 g/mol. The van der Waals surface area contributed by atoms with Crippen LogP contribution in [0.4, 0.5) is 0 Å². The number of hydrogen-bond acceptors (Lipinski definition) is 2. The lowest BCUT2D eigenvalue weighted by molar-refractivity contribution is -0.0148. The van der Waals surface area contributed by atoms with E-state index in [0.29, 0.717) is 12.0 Å². The summed E-state index contributed by atoms with van der Waals surface area (Å²) >= 11 is 0. The maximum atomic E-state index is 10.8. The first-order valence-electron chi connectivity index (χ1n) is 8.85. The zero-order valence-corrected chi connectivity index (χ0v) is 13.3. The van der Waals surface area contributed by atoms with E-state index < -0.39 is 0 Å². The van der Waals surface area contributed by atoms with Gasteiger partial charge >= 0.3 is 0 Å². The van der Waals surface area contributed by atoms with Crippen LogP contribution in [-0.4, -0.2) is 27.7 Å². The minimum atomic E-state index is -0.336. The monoisotopic (exact) mass is 296 g/mol. The number of piperidine rings is 1. The molecule has 3 aliphatic heterocycles. The molecule has 4 heterocycles. The number of rotatable bonds is 1. The lowest BCUT2D eigenvalue weighted by Crippen LogP contribution is -2.47. The van der Waals surface area contributed by atoms with Crippen molar-refractivity contribution in [2.24, 2.45) is 5.92 Å². The van der Waals surface area contributed by atoms with E-state index in [0.717, 1.165) is 19.3 Å². The number of fused-ring (bicyclic) bond motifs is 3. The summed E-state index contributed by atoms with van der Waals surface area (Å²) in [6.07, 6.45) is 5.36. The fourth-order valence-corrected chi connectivity index (χ4v) is 5.25. The quantitative estimate of drug-likeness (QED) is 0.873. The molecule has 22 heavy (non-hydrogen) atoms. The molecule has 2 aromatic rings. The van der Waals surface area contributed by atoms with Gasteiger partial charge in [-0.05, 0) is 61.8 Å². The topological polar surface area (TPSA) is 28.4 Å². The number of aliphatic hydroxyl groups excluding tert-OH is 1. The molecule has 1 N–H and O–H groups in total. The molecule has 0 bridgehead atoms. The van der Waals surface area contributed by atoms with Crippen LogP contribution in [0, 0.1) is 5.92 Å². The van der Waals surface area contributed by atoms with E-state index in [-0.39, 0.29) is 6.23 Å². The molecule has 0 saturated carbocycles. The van der Waals surface area contributed by atoms with Crippen LogP contribution in [0.25, 0.3) is 10.9 Å². The molecule has 3 aliphatic rings. The van der Waals surface area contributed by atoms with Crippen LogP contribution >= 0.6 is 0 Å². The predicted molar refractivity (Wildman–Crippen MR) is 87.9 cm³/mol. The first-order valence-corrected chi connectivity index (χ1v) is 8.85. The Bertz CT molecular complexity index is 747. The minimum Gasteiger partial charge on any atom is -0.373 e. The van der Waals surface area contributed by atoms with Gasteiger partial charge < -0.3 is 9.67 Å². The van der Waals surface area contributed by atoms with E-state index in [2.05, 4.69) is 34.6 Å². The molecule has 3 atom stereocenters. The van der Waals surface area contributed by atoms with Crippen LogP contribution in [0.3, 0.4) is 0 Å². The summed E-state index contributed by atoms with van der Waals surface area (Å²) < 4.78 is 2.28. The number of aliphatic hydroxyl groups is 1.